The number of likely N-dealkylation sites (tertiary alicyclic amines) is 1. The Balaban J connectivity index is 1.11. The average Bonchev–Trinajstić information content (AvgIpc) is 3.77. The first-order valence-electron chi connectivity index (χ1n) is 14.0. The Labute approximate surface area is 242 Å². The van der Waals surface area contributed by atoms with Crippen LogP contribution < -0.4 is 15.0 Å². The highest BCUT2D eigenvalue weighted by molar-refractivity contribution is 5.94. The fraction of sp³-hybridized carbons (Fsp3) is 0.290. The van der Waals surface area contributed by atoms with Gasteiger partial charge in [-0.3, -0.25) is 4.79 Å². The van der Waals surface area contributed by atoms with Gasteiger partial charge in [-0.2, -0.15) is 5.10 Å². The predicted molar refractivity (Wildman–Crippen MR) is 160 cm³/mol. The van der Waals surface area contributed by atoms with Crippen molar-refractivity contribution in [3.05, 3.63) is 78.2 Å². The summed E-state index contributed by atoms with van der Waals surface area (Å²) >= 11 is 0. The van der Waals surface area contributed by atoms with Gasteiger partial charge in [0, 0.05) is 44.1 Å². The lowest BCUT2D eigenvalue weighted by molar-refractivity contribution is -0.128. The largest absolute Gasteiger partial charge is 0.512 e. The monoisotopic (exact) mass is 564 g/mol. The molecule has 2 aliphatic heterocycles. The van der Waals surface area contributed by atoms with Crippen LogP contribution in [0.2, 0.25) is 0 Å². The number of aliphatic hydroxyl groups is 1. The van der Waals surface area contributed by atoms with Crippen LogP contribution in [-0.4, -0.2) is 65.2 Å². The van der Waals surface area contributed by atoms with E-state index in [4.69, 9.17) is 4.74 Å². The molecule has 0 aliphatic carbocycles. The Bertz CT molecular complexity index is 1890. The summed E-state index contributed by atoms with van der Waals surface area (Å²) in [7, 11) is 1.97. The van der Waals surface area contributed by atoms with E-state index in [0.717, 1.165) is 58.0 Å². The van der Waals surface area contributed by atoms with Gasteiger partial charge in [0.2, 0.25) is 0 Å². The van der Waals surface area contributed by atoms with E-state index < -0.39 is 0 Å². The second-order valence-electron chi connectivity index (χ2n) is 11.2. The number of carbonyl (C=O) groups is 1. The zero-order chi connectivity index (χ0) is 29.1. The highest BCUT2D eigenvalue weighted by Crippen LogP contribution is 2.39. The minimum absolute atomic E-state index is 0.0757. The zero-order valence-electron chi connectivity index (χ0n) is 23.9. The molecule has 214 valence electrons. The summed E-state index contributed by atoms with van der Waals surface area (Å²) in [4.78, 5) is 26.2. The maximum atomic E-state index is 12.9. The molecule has 2 N–H and O–H groups in total. The van der Waals surface area contributed by atoms with Crippen molar-refractivity contribution in [3.8, 4) is 11.5 Å². The van der Waals surface area contributed by atoms with Crippen LogP contribution >= 0.6 is 0 Å². The van der Waals surface area contributed by atoms with Crippen LogP contribution in [0.1, 0.15) is 25.8 Å². The minimum Gasteiger partial charge on any atom is -0.512 e. The number of ether oxygens (including phenoxy) is 1. The normalized spacial score (nSPS) is 18.7. The van der Waals surface area contributed by atoms with Crippen molar-refractivity contribution < 1.29 is 14.6 Å². The molecule has 0 radical (unpaired) electrons. The SMILES string of the molecule is C/C(O)=C(\C)C(=O)N1CC2CC1CN2c1ccn2ncnc(Nc3ccc(Oc4ccc5c(c4)ncn5C)c(C)c3)c12. The van der Waals surface area contributed by atoms with Crippen molar-refractivity contribution >= 4 is 39.6 Å². The number of hydrogen-bond donors (Lipinski definition) is 2. The summed E-state index contributed by atoms with van der Waals surface area (Å²) in [5.74, 6) is 2.18. The number of nitrogens with one attached hydrogen (secondary N) is 1. The number of rotatable bonds is 6. The number of aliphatic hydroxyl groups excluding tert-OH is 1. The molecule has 2 atom stereocenters. The molecular formula is C31H32N8O3. The molecule has 3 aromatic heterocycles. The van der Waals surface area contributed by atoms with Crippen molar-refractivity contribution in [2.75, 3.05) is 23.3 Å². The van der Waals surface area contributed by atoms with Gasteiger partial charge in [-0.15, -0.1) is 0 Å². The van der Waals surface area contributed by atoms with Gasteiger partial charge < -0.3 is 29.5 Å². The molecule has 2 aliphatic rings. The molecule has 1 amide bonds. The van der Waals surface area contributed by atoms with E-state index in [9.17, 15) is 9.90 Å². The summed E-state index contributed by atoms with van der Waals surface area (Å²) in [6.07, 6.45) is 6.17. The predicted octanol–water partition coefficient (Wildman–Crippen LogP) is 5.10. The number of nitrogens with zero attached hydrogens (tertiary/aromatic N) is 7. The maximum absolute atomic E-state index is 12.9. The van der Waals surface area contributed by atoms with Crippen molar-refractivity contribution in [3.63, 3.8) is 0 Å². The zero-order valence-corrected chi connectivity index (χ0v) is 23.9. The van der Waals surface area contributed by atoms with Gasteiger partial charge in [-0.25, -0.2) is 14.5 Å². The van der Waals surface area contributed by atoms with Gasteiger partial charge in [0.1, 0.15) is 23.3 Å². The van der Waals surface area contributed by atoms with Gasteiger partial charge in [0.05, 0.1) is 40.4 Å². The Kier molecular flexibility index (Phi) is 6.03. The lowest BCUT2D eigenvalue weighted by Crippen LogP contribution is -2.49. The molecule has 0 saturated carbocycles. The third kappa shape index (κ3) is 4.28. The molecule has 2 unspecified atom stereocenters. The van der Waals surface area contributed by atoms with E-state index in [1.54, 1.807) is 26.5 Å². The quantitative estimate of drug-likeness (QED) is 0.216. The van der Waals surface area contributed by atoms with Crippen LogP contribution in [0.5, 0.6) is 11.5 Å². The van der Waals surface area contributed by atoms with Crippen molar-refractivity contribution in [2.24, 2.45) is 7.05 Å². The smallest absolute Gasteiger partial charge is 0.253 e. The van der Waals surface area contributed by atoms with Gasteiger partial charge >= 0.3 is 0 Å². The summed E-state index contributed by atoms with van der Waals surface area (Å²) in [5, 5.41) is 17.7. The number of hydrogen-bond acceptors (Lipinski definition) is 8. The molecule has 2 bridgehead atoms. The molecule has 5 aromatic rings. The molecule has 42 heavy (non-hydrogen) atoms. The Hall–Kier alpha value is -5.06. The van der Waals surface area contributed by atoms with E-state index >= 15 is 0 Å². The van der Waals surface area contributed by atoms with Crippen molar-refractivity contribution in [2.45, 2.75) is 39.3 Å². The maximum Gasteiger partial charge on any atom is 0.253 e. The number of fused-ring (bicyclic) bond motifs is 4. The number of piperazine rings is 1. The summed E-state index contributed by atoms with van der Waals surface area (Å²) in [5.41, 5.74) is 6.12. The average molecular weight is 565 g/mol. The fourth-order valence-corrected chi connectivity index (χ4v) is 6.13. The molecule has 11 heteroatoms. The van der Waals surface area contributed by atoms with Gasteiger partial charge in [-0.05, 0) is 69.2 Å². The standard InChI is InChI=1S/C31H32N8O3/c1-18-11-21(5-8-28(18)42-24-6-7-26-25(13-24)33-17-36(26)4)35-30-29-27(9-10-39(29)34-16-32-30)37-14-23-12-22(37)15-38(23)31(41)19(2)20(3)40/h5-11,13,16-17,22-23,40H,12,14-15H2,1-4H3,(H,32,34,35)/b20-19-. The second kappa shape index (κ2) is 9.79. The number of aromatic nitrogens is 5. The van der Waals surface area contributed by atoms with Gasteiger partial charge in [0.25, 0.3) is 5.91 Å². The highest BCUT2D eigenvalue weighted by Gasteiger charge is 2.46. The van der Waals surface area contributed by atoms with Crippen LogP contribution in [-0.2, 0) is 11.8 Å². The molecule has 5 heterocycles. The van der Waals surface area contributed by atoms with Crippen molar-refractivity contribution in [1.29, 1.82) is 0 Å². The Morgan fingerprint density at radius 3 is 2.69 bits per heavy atom. The Morgan fingerprint density at radius 2 is 1.93 bits per heavy atom. The summed E-state index contributed by atoms with van der Waals surface area (Å²) in [6, 6.07) is 14.2. The molecule has 11 nitrogen and oxygen atoms in total. The first-order chi connectivity index (χ1) is 20.3. The molecule has 2 aromatic carbocycles. The topological polar surface area (TPSA) is 113 Å². The number of imidazole rings is 1. The summed E-state index contributed by atoms with van der Waals surface area (Å²) in [6.45, 7) is 6.59. The molecular weight excluding hydrogens is 532 g/mol. The molecule has 2 saturated heterocycles. The van der Waals surface area contributed by atoms with E-state index in [-0.39, 0.29) is 23.8 Å². The van der Waals surface area contributed by atoms with E-state index in [0.29, 0.717) is 17.9 Å². The van der Waals surface area contributed by atoms with Crippen molar-refractivity contribution in [1.82, 2.24) is 29.0 Å². The molecule has 7 rings (SSSR count). The minimum atomic E-state index is -0.0883. The lowest BCUT2D eigenvalue weighted by atomic mass is 10.2. The number of amides is 1. The fourth-order valence-electron chi connectivity index (χ4n) is 6.13. The van der Waals surface area contributed by atoms with Gasteiger partial charge in [-0.1, -0.05) is 0 Å². The van der Waals surface area contributed by atoms with Crippen LogP contribution in [0.25, 0.3) is 16.6 Å². The first-order valence-corrected chi connectivity index (χ1v) is 14.0. The Morgan fingerprint density at radius 1 is 1.07 bits per heavy atom. The molecule has 2 fully saturated rings. The van der Waals surface area contributed by atoms with Crippen LogP contribution in [0.15, 0.2) is 72.6 Å². The van der Waals surface area contributed by atoms with Crippen LogP contribution in [0.3, 0.4) is 0 Å². The van der Waals surface area contributed by atoms with E-state index in [1.807, 2.05) is 70.5 Å². The number of allylic oxidation sites excluding steroid dienone is 1. The number of benzene rings is 2. The number of anilines is 3. The van der Waals surface area contributed by atoms with Gasteiger partial charge in [0.15, 0.2) is 5.82 Å². The third-order valence-corrected chi connectivity index (χ3v) is 8.47. The van der Waals surface area contributed by atoms with E-state index in [1.165, 1.54) is 0 Å². The second-order valence-corrected chi connectivity index (χ2v) is 11.2. The number of aryl methyl sites for hydroxylation is 2. The number of carbonyl (C=O) groups excluding carboxylic acids is 1. The lowest BCUT2D eigenvalue weighted by Gasteiger charge is -2.35. The summed E-state index contributed by atoms with van der Waals surface area (Å²) < 4.78 is 10.0. The van der Waals surface area contributed by atoms with E-state index in [2.05, 4.69) is 31.3 Å². The highest BCUT2D eigenvalue weighted by atomic mass is 16.5. The first kappa shape index (κ1) is 25.9. The van der Waals surface area contributed by atoms with Crippen LogP contribution in [0, 0.1) is 6.92 Å². The third-order valence-electron chi connectivity index (χ3n) is 8.47. The van der Waals surface area contributed by atoms with Crippen LogP contribution in [0.4, 0.5) is 17.2 Å². The molecule has 0 spiro atoms.